The predicted molar refractivity (Wildman–Crippen MR) is 86.7 cm³/mol. The van der Waals surface area contributed by atoms with Gasteiger partial charge in [-0.2, -0.15) is 0 Å². The summed E-state index contributed by atoms with van der Waals surface area (Å²) in [5, 5.41) is 3.67. The Morgan fingerprint density at radius 2 is 2.10 bits per heavy atom. The first kappa shape index (κ1) is 17.2. The van der Waals surface area contributed by atoms with Crippen LogP contribution in [0.2, 0.25) is 0 Å². The molecular weight excluding hydrogens is 264 g/mol. The van der Waals surface area contributed by atoms with Crippen LogP contribution in [0, 0.1) is 11.3 Å². The van der Waals surface area contributed by atoms with Crippen molar-refractivity contribution in [2.45, 2.75) is 45.6 Å². The maximum absolute atomic E-state index is 5.84. The van der Waals surface area contributed by atoms with Gasteiger partial charge in [0.1, 0.15) is 0 Å². The molecule has 2 saturated heterocycles. The third-order valence-corrected chi connectivity index (χ3v) is 4.88. The summed E-state index contributed by atoms with van der Waals surface area (Å²) in [4.78, 5) is 2.63. The third kappa shape index (κ3) is 5.51. The molecule has 4 nitrogen and oxygen atoms in total. The van der Waals surface area contributed by atoms with Crippen molar-refractivity contribution in [3.05, 3.63) is 0 Å². The molecule has 0 aromatic carbocycles. The monoisotopic (exact) mass is 298 g/mol. The number of hydrogen-bond acceptors (Lipinski definition) is 4. The maximum atomic E-state index is 5.84. The van der Waals surface area contributed by atoms with Crippen molar-refractivity contribution in [1.82, 2.24) is 10.2 Å². The molecule has 2 rings (SSSR count). The van der Waals surface area contributed by atoms with Crippen LogP contribution in [0.15, 0.2) is 0 Å². The summed E-state index contributed by atoms with van der Waals surface area (Å²) < 4.78 is 11.3. The van der Waals surface area contributed by atoms with E-state index in [0.717, 1.165) is 26.3 Å². The van der Waals surface area contributed by atoms with Gasteiger partial charge in [-0.25, -0.2) is 0 Å². The average molecular weight is 298 g/mol. The molecule has 2 aliphatic rings. The van der Waals surface area contributed by atoms with Gasteiger partial charge in [0.25, 0.3) is 0 Å². The molecule has 0 aliphatic carbocycles. The van der Waals surface area contributed by atoms with Crippen LogP contribution < -0.4 is 5.32 Å². The van der Waals surface area contributed by atoms with E-state index in [1.165, 1.54) is 45.3 Å². The van der Waals surface area contributed by atoms with Gasteiger partial charge in [0.05, 0.1) is 12.7 Å². The second-order valence-corrected chi connectivity index (χ2v) is 7.39. The highest BCUT2D eigenvalue weighted by Gasteiger charge is 2.35. The van der Waals surface area contributed by atoms with E-state index in [-0.39, 0.29) is 0 Å². The Balaban J connectivity index is 1.84. The third-order valence-electron chi connectivity index (χ3n) is 4.88. The van der Waals surface area contributed by atoms with Crippen LogP contribution in [0.3, 0.4) is 0 Å². The highest BCUT2D eigenvalue weighted by Crippen LogP contribution is 2.30. The highest BCUT2D eigenvalue weighted by atomic mass is 16.5. The van der Waals surface area contributed by atoms with Gasteiger partial charge in [-0.1, -0.05) is 13.8 Å². The molecule has 0 spiro atoms. The van der Waals surface area contributed by atoms with Crippen LogP contribution in [-0.4, -0.2) is 64.1 Å². The van der Waals surface area contributed by atoms with Crippen LogP contribution in [0.1, 0.15) is 39.5 Å². The van der Waals surface area contributed by atoms with Crippen molar-refractivity contribution in [3.8, 4) is 0 Å². The van der Waals surface area contributed by atoms with Crippen LogP contribution in [-0.2, 0) is 9.47 Å². The summed E-state index contributed by atoms with van der Waals surface area (Å²) in [6.07, 6.45) is 5.32. The summed E-state index contributed by atoms with van der Waals surface area (Å²) in [5.41, 5.74) is 0.313. The normalized spacial score (nSPS) is 29.1. The van der Waals surface area contributed by atoms with Gasteiger partial charge in [0.2, 0.25) is 0 Å². The fourth-order valence-corrected chi connectivity index (χ4v) is 3.63. The van der Waals surface area contributed by atoms with Crippen LogP contribution in [0.5, 0.6) is 0 Å². The first-order valence-electron chi connectivity index (χ1n) is 8.67. The molecule has 1 atom stereocenters. The zero-order valence-corrected chi connectivity index (χ0v) is 14.2. The minimum absolute atomic E-state index is 0.313. The number of nitrogens with one attached hydrogen (secondary N) is 1. The lowest BCUT2D eigenvalue weighted by molar-refractivity contribution is -0.0384. The number of piperidine rings is 1. The van der Waals surface area contributed by atoms with E-state index < -0.39 is 0 Å². The van der Waals surface area contributed by atoms with E-state index >= 15 is 0 Å². The molecule has 21 heavy (non-hydrogen) atoms. The van der Waals surface area contributed by atoms with Gasteiger partial charge < -0.3 is 19.7 Å². The first-order valence-corrected chi connectivity index (χ1v) is 8.67. The fourth-order valence-electron chi connectivity index (χ4n) is 3.63. The Morgan fingerprint density at radius 3 is 2.67 bits per heavy atom. The number of rotatable bonds is 7. The Bertz CT molecular complexity index is 283. The Labute approximate surface area is 130 Å². The molecule has 2 aliphatic heterocycles. The highest BCUT2D eigenvalue weighted by molar-refractivity contribution is 4.89. The fraction of sp³-hybridized carbons (Fsp3) is 1.00. The van der Waals surface area contributed by atoms with Crippen molar-refractivity contribution in [1.29, 1.82) is 0 Å². The standard InChI is InChI=1S/C17H34N2O2/c1-15(2)11-18-12-17(7-4-10-21-14-17)13-19-8-5-16(20-3)6-9-19/h15-16,18H,4-14H2,1-3H3. The predicted octanol–water partition coefficient (Wildman–Crippen LogP) is 2.14. The van der Waals surface area contributed by atoms with E-state index in [1.807, 2.05) is 7.11 Å². The van der Waals surface area contributed by atoms with E-state index in [0.29, 0.717) is 17.4 Å². The maximum Gasteiger partial charge on any atom is 0.0595 e. The molecule has 1 unspecified atom stereocenters. The summed E-state index contributed by atoms with van der Waals surface area (Å²) in [6.45, 7) is 12.1. The van der Waals surface area contributed by atoms with Crippen LogP contribution in [0.4, 0.5) is 0 Å². The number of methoxy groups -OCH3 is 1. The lowest BCUT2D eigenvalue weighted by atomic mass is 9.81. The van der Waals surface area contributed by atoms with Gasteiger partial charge in [-0.05, 0) is 38.1 Å². The van der Waals surface area contributed by atoms with Gasteiger partial charge >= 0.3 is 0 Å². The quantitative estimate of drug-likeness (QED) is 0.781. The first-order chi connectivity index (χ1) is 10.1. The molecule has 124 valence electrons. The number of nitrogens with zero attached hydrogens (tertiary/aromatic N) is 1. The summed E-state index contributed by atoms with van der Waals surface area (Å²) in [5.74, 6) is 0.712. The minimum atomic E-state index is 0.313. The van der Waals surface area contributed by atoms with E-state index in [1.54, 1.807) is 0 Å². The molecule has 2 fully saturated rings. The molecule has 4 heteroatoms. The van der Waals surface area contributed by atoms with Crippen LogP contribution >= 0.6 is 0 Å². The number of ether oxygens (including phenoxy) is 2. The summed E-state index contributed by atoms with van der Waals surface area (Å²) in [6, 6.07) is 0. The zero-order chi connectivity index (χ0) is 15.1. The zero-order valence-electron chi connectivity index (χ0n) is 14.2. The molecule has 0 radical (unpaired) electrons. The van der Waals surface area contributed by atoms with Crippen molar-refractivity contribution in [2.75, 3.05) is 53.0 Å². The van der Waals surface area contributed by atoms with Crippen molar-refractivity contribution >= 4 is 0 Å². The van der Waals surface area contributed by atoms with Gasteiger partial charge in [0.15, 0.2) is 0 Å². The Kier molecular flexibility index (Phi) is 6.93. The van der Waals surface area contributed by atoms with Gasteiger partial charge in [-0.3, -0.25) is 0 Å². The topological polar surface area (TPSA) is 33.7 Å². The largest absolute Gasteiger partial charge is 0.381 e. The van der Waals surface area contributed by atoms with Gasteiger partial charge in [0, 0.05) is 45.3 Å². The van der Waals surface area contributed by atoms with Crippen LogP contribution in [0.25, 0.3) is 0 Å². The number of hydrogen-bond donors (Lipinski definition) is 1. The molecule has 1 N–H and O–H groups in total. The molecule has 0 aromatic heterocycles. The van der Waals surface area contributed by atoms with E-state index in [4.69, 9.17) is 9.47 Å². The Hall–Kier alpha value is -0.160. The SMILES string of the molecule is COC1CCN(CC2(CNCC(C)C)CCCOC2)CC1. The molecular formula is C17H34N2O2. The smallest absolute Gasteiger partial charge is 0.0595 e. The van der Waals surface area contributed by atoms with E-state index in [2.05, 4.69) is 24.1 Å². The Morgan fingerprint density at radius 1 is 1.33 bits per heavy atom. The molecule has 2 heterocycles. The molecule has 0 saturated carbocycles. The minimum Gasteiger partial charge on any atom is -0.381 e. The second kappa shape index (κ2) is 8.47. The summed E-state index contributed by atoms with van der Waals surface area (Å²) >= 11 is 0. The summed E-state index contributed by atoms with van der Waals surface area (Å²) in [7, 11) is 1.84. The van der Waals surface area contributed by atoms with E-state index in [9.17, 15) is 0 Å². The average Bonchev–Trinajstić information content (AvgIpc) is 2.48. The van der Waals surface area contributed by atoms with Crippen molar-refractivity contribution in [3.63, 3.8) is 0 Å². The van der Waals surface area contributed by atoms with Crippen molar-refractivity contribution in [2.24, 2.45) is 11.3 Å². The van der Waals surface area contributed by atoms with Crippen molar-refractivity contribution < 1.29 is 9.47 Å². The molecule has 0 amide bonds. The lowest BCUT2D eigenvalue weighted by Gasteiger charge is -2.43. The second-order valence-electron chi connectivity index (χ2n) is 7.39. The molecule has 0 aromatic rings. The lowest BCUT2D eigenvalue weighted by Crippen LogP contribution is -2.51. The van der Waals surface area contributed by atoms with Gasteiger partial charge in [-0.15, -0.1) is 0 Å². The molecule has 0 bridgehead atoms. The number of likely N-dealkylation sites (tertiary alicyclic amines) is 1.